The van der Waals surface area contributed by atoms with Gasteiger partial charge >= 0.3 is 0 Å². The minimum atomic E-state index is 0.244. The van der Waals surface area contributed by atoms with Gasteiger partial charge in [-0.25, -0.2) is 0 Å². The topological polar surface area (TPSA) is 52.7 Å². The zero-order valence-electron chi connectivity index (χ0n) is 10.2. The first-order valence-corrected chi connectivity index (χ1v) is 6.24. The molecule has 1 heterocycles. The number of β-amino-alcohol motifs (C(OH)–C–C–N with tert-alkyl or cyclic N) is 1. The Bertz CT molecular complexity index is 356. The van der Waals surface area contributed by atoms with Crippen molar-refractivity contribution in [3.63, 3.8) is 0 Å². The van der Waals surface area contributed by atoms with Crippen LogP contribution in [0, 0.1) is 0 Å². The Balaban J connectivity index is 2.01. The Morgan fingerprint density at radius 3 is 2.71 bits per heavy atom. The molecule has 3 N–H and O–H groups in total. The Labute approximate surface area is 103 Å². The number of aliphatic hydroxyl groups excluding tert-OH is 1. The summed E-state index contributed by atoms with van der Waals surface area (Å²) in [5.41, 5.74) is 7.99. The second-order valence-corrected chi connectivity index (χ2v) is 4.46. The SMILES string of the molecule is Nc1ccccc1N1CCCN(CCO)CC1. The predicted octanol–water partition coefficient (Wildman–Crippen LogP) is 0.773. The number of aliphatic hydroxyl groups is 1. The largest absolute Gasteiger partial charge is 0.397 e. The standard InChI is InChI=1S/C13H21N3O/c14-12-4-1-2-5-13(12)16-7-3-6-15(8-9-16)10-11-17/h1-2,4-5,17H,3,6-11,14H2. The second kappa shape index (κ2) is 5.89. The van der Waals surface area contributed by atoms with Gasteiger partial charge in [-0.1, -0.05) is 12.1 Å². The molecule has 1 fully saturated rings. The number of hydrogen-bond donors (Lipinski definition) is 2. The smallest absolute Gasteiger partial charge is 0.0600 e. The maximum absolute atomic E-state index is 8.96. The fourth-order valence-corrected chi connectivity index (χ4v) is 2.35. The molecule has 1 aliphatic rings. The number of rotatable bonds is 3. The van der Waals surface area contributed by atoms with Crippen LogP contribution in [-0.2, 0) is 0 Å². The highest BCUT2D eigenvalue weighted by atomic mass is 16.3. The number of nitrogens with two attached hydrogens (primary N) is 1. The van der Waals surface area contributed by atoms with E-state index in [0.29, 0.717) is 0 Å². The van der Waals surface area contributed by atoms with Gasteiger partial charge in [-0.3, -0.25) is 4.90 Å². The van der Waals surface area contributed by atoms with Gasteiger partial charge < -0.3 is 15.7 Å². The van der Waals surface area contributed by atoms with E-state index in [0.717, 1.165) is 50.5 Å². The summed E-state index contributed by atoms with van der Waals surface area (Å²) in [4.78, 5) is 4.64. The quantitative estimate of drug-likeness (QED) is 0.760. The number of benzene rings is 1. The lowest BCUT2D eigenvalue weighted by Crippen LogP contribution is -2.32. The normalized spacial score (nSPS) is 18.1. The molecule has 0 spiro atoms. The number of para-hydroxylation sites is 2. The molecule has 1 aliphatic heterocycles. The summed E-state index contributed by atoms with van der Waals surface area (Å²) in [6, 6.07) is 8.03. The van der Waals surface area contributed by atoms with E-state index >= 15 is 0 Å². The van der Waals surface area contributed by atoms with Crippen LogP contribution in [0.2, 0.25) is 0 Å². The number of hydrogen-bond acceptors (Lipinski definition) is 4. The van der Waals surface area contributed by atoms with E-state index in [1.165, 1.54) is 0 Å². The van der Waals surface area contributed by atoms with Crippen molar-refractivity contribution in [2.45, 2.75) is 6.42 Å². The van der Waals surface area contributed by atoms with Crippen LogP contribution in [0.1, 0.15) is 6.42 Å². The first-order chi connectivity index (χ1) is 8.31. The molecule has 1 aromatic rings. The molecular weight excluding hydrogens is 214 g/mol. The van der Waals surface area contributed by atoms with E-state index in [9.17, 15) is 0 Å². The van der Waals surface area contributed by atoms with Gasteiger partial charge in [0.05, 0.1) is 18.0 Å². The van der Waals surface area contributed by atoms with Gasteiger partial charge in [0, 0.05) is 26.2 Å². The van der Waals surface area contributed by atoms with E-state index < -0.39 is 0 Å². The molecule has 0 aliphatic carbocycles. The molecule has 17 heavy (non-hydrogen) atoms. The Morgan fingerprint density at radius 2 is 1.94 bits per heavy atom. The van der Waals surface area contributed by atoms with Gasteiger partial charge in [-0.2, -0.15) is 0 Å². The van der Waals surface area contributed by atoms with Crippen molar-refractivity contribution < 1.29 is 5.11 Å². The van der Waals surface area contributed by atoms with E-state index in [-0.39, 0.29) is 6.61 Å². The van der Waals surface area contributed by atoms with Crippen LogP contribution in [0.15, 0.2) is 24.3 Å². The van der Waals surface area contributed by atoms with Crippen LogP contribution in [-0.4, -0.2) is 49.3 Å². The molecule has 4 heteroatoms. The summed E-state index contributed by atoms with van der Waals surface area (Å²) >= 11 is 0. The molecule has 1 aromatic carbocycles. The third kappa shape index (κ3) is 3.11. The molecule has 1 saturated heterocycles. The summed E-state index contributed by atoms with van der Waals surface area (Å²) in [5.74, 6) is 0. The van der Waals surface area contributed by atoms with Gasteiger partial charge in [0.25, 0.3) is 0 Å². The van der Waals surface area contributed by atoms with Gasteiger partial charge in [0.1, 0.15) is 0 Å². The average molecular weight is 235 g/mol. The van der Waals surface area contributed by atoms with Gasteiger partial charge in [-0.05, 0) is 25.1 Å². The van der Waals surface area contributed by atoms with E-state index in [2.05, 4.69) is 15.9 Å². The molecule has 0 saturated carbocycles. The fourth-order valence-electron chi connectivity index (χ4n) is 2.35. The molecule has 94 valence electrons. The van der Waals surface area contributed by atoms with Crippen molar-refractivity contribution in [1.82, 2.24) is 4.90 Å². The van der Waals surface area contributed by atoms with Crippen molar-refractivity contribution in [3.05, 3.63) is 24.3 Å². The van der Waals surface area contributed by atoms with Crippen molar-refractivity contribution in [2.75, 3.05) is 50.0 Å². The van der Waals surface area contributed by atoms with E-state index in [1.807, 2.05) is 18.2 Å². The van der Waals surface area contributed by atoms with Crippen LogP contribution >= 0.6 is 0 Å². The van der Waals surface area contributed by atoms with Gasteiger partial charge in [0.15, 0.2) is 0 Å². The van der Waals surface area contributed by atoms with Crippen LogP contribution in [0.25, 0.3) is 0 Å². The molecule has 0 radical (unpaired) electrons. The molecular formula is C13H21N3O. The van der Waals surface area contributed by atoms with Crippen LogP contribution in [0.4, 0.5) is 11.4 Å². The zero-order valence-corrected chi connectivity index (χ0v) is 10.2. The maximum atomic E-state index is 8.96. The van der Waals surface area contributed by atoms with Gasteiger partial charge in [0.2, 0.25) is 0 Å². The monoisotopic (exact) mass is 235 g/mol. The summed E-state index contributed by atoms with van der Waals surface area (Å²) in [6.07, 6.45) is 1.12. The maximum Gasteiger partial charge on any atom is 0.0600 e. The van der Waals surface area contributed by atoms with Crippen molar-refractivity contribution >= 4 is 11.4 Å². The first-order valence-electron chi connectivity index (χ1n) is 6.24. The molecule has 0 amide bonds. The molecule has 4 nitrogen and oxygen atoms in total. The lowest BCUT2D eigenvalue weighted by Gasteiger charge is -2.24. The second-order valence-electron chi connectivity index (χ2n) is 4.46. The van der Waals surface area contributed by atoms with Crippen molar-refractivity contribution in [2.24, 2.45) is 0 Å². The third-order valence-electron chi connectivity index (χ3n) is 3.28. The Hall–Kier alpha value is -1.26. The number of anilines is 2. The minimum Gasteiger partial charge on any atom is -0.397 e. The van der Waals surface area contributed by atoms with Gasteiger partial charge in [-0.15, -0.1) is 0 Å². The average Bonchev–Trinajstić information content (AvgIpc) is 2.56. The van der Waals surface area contributed by atoms with Crippen molar-refractivity contribution in [1.29, 1.82) is 0 Å². The summed E-state index contributed by atoms with van der Waals surface area (Å²) in [7, 11) is 0. The molecule has 0 unspecified atom stereocenters. The van der Waals surface area contributed by atoms with E-state index in [1.54, 1.807) is 0 Å². The molecule has 0 atom stereocenters. The Morgan fingerprint density at radius 1 is 1.12 bits per heavy atom. The van der Waals surface area contributed by atoms with Crippen LogP contribution in [0.3, 0.4) is 0 Å². The number of nitrogens with zero attached hydrogens (tertiary/aromatic N) is 2. The zero-order chi connectivity index (χ0) is 12.1. The summed E-state index contributed by atoms with van der Waals surface area (Å²) in [6.45, 7) is 5.09. The number of nitrogen functional groups attached to an aromatic ring is 1. The van der Waals surface area contributed by atoms with Crippen LogP contribution in [0.5, 0.6) is 0 Å². The summed E-state index contributed by atoms with van der Waals surface area (Å²) in [5, 5.41) is 8.96. The fraction of sp³-hybridized carbons (Fsp3) is 0.538. The third-order valence-corrected chi connectivity index (χ3v) is 3.28. The highest BCUT2D eigenvalue weighted by Crippen LogP contribution is 2.23. The highest BCUT2D eigenvalue weighted by Gasteiger charge is 2.15. The van der Waals surface area contributed by atoms with Crippen LogP contribution < -0.4 is 10.6 Å². The van der Waals surface area contributed by atoms with E-state index in [4.69, 9.17) is 10.8 Å². The Kier molecular flexibility index (Phi) is 4.23. The molecule has 0 bridgehead atoms. The van der Waals surface area contributed by atoms with Crippen molar-refractivity contribution in [3.8, 4) is 0 Å². The summed E-state index contributed by atoms with van der Waals surface area (Å²) < 4.78 is 0. The predicted molar refractivity (Wildman–Crippen MR) is 71.2 cm³/mol. The molecule has 2 rings (SSSR count). The lowest BCUT2D eigenvalue weighted by atomic mass is 10.2. The minimum absolute atomic E-state index is 0.244. The lowest BCUT2D eigenvalue weighted by molar-refractivity contribution is 0.204. The molecule has 0 aromatic heterocycles. The highest BCUT2D eigenvalue weighted by molar-refractivity contribution is 5.67. The first kappa shape index (κ1) is 12.2.